The van der Waals surface area contributed by atoms with Gasteiger partial charge in [0.15, 0.2) is 0 Å². The zero-order valence-electron chi connectivity index (χ0n) is 8.18. The molecule has 2 aliphatic rings. The topological polar surface area (TPSA) is 41.1 Å². The largest absolute Gasteiger partial charge is 0.352 e. The molecule has 3 heteroatoms. The van der Waals surface area contributed by atoms with Crippen molar-refractivity contribution in [3.8, 4) is 0 Å². The van der Waals surface area contributed by atoms with Crippen LogP contribution in [-0.2, 0) is 4.79 Å². The Bertz CT molecular complexity index is 199. The summed E-state index contributed by atoms with van der Waals surface area (Å²) < 4.78 is 0. The van der Waals surface area contributed by atoms with E-state index in [-0.39, 0.29) is 11.9 Å². The monoisotopic (exact) mass is 182 g/mol. The van der Waals surface area contributed by atoms with Crippen molar-refractivity contribution in [1.29, 1.82) is 0 Å². The average molecular weight is 182 g/mol. The van der Waals surface area contributed by atoms with E-state index in [4.69, 9.17) is 0 Å². The normalized spacial score (nSPS) is 38.4. The number of hydrogen-bond donors (Lipinski definition) is 2. The van der Waals surface area contributed by atoms with Crippen molar-refractivity contribution in [1.82, 2.24) is 10.6 Å². The van der Waals surface area contributed by atoms with Crippen LogP contribution in [-0.4, -0.2) is 24.5 Å². The maximum Gasteiger partial charge on any atom is 0.237 e. The zero-order valence-corrected chi connectivity index (χ0v) is 8.18. The number of carbonyl (C=O) groups excluding carboxylic acids is 1. The van der Waals surface area contributed by atoms with Crippen LogP contribution < -0.4 is 10.6 Å². The molecule has 74 valence electrons. The van der Waals surface area contributed by atoms with Crippen LogP contribution >= 0.6 is 0 Å². The number of carbonyl (C=O) groups is 1. The van der Waals surface area contributed by atoms with Crippen molar-refractivity contribution >= 4 is 5.91 Å². The van der Waals surface area contributed by atoms with Crippen LogP contribution in [0.5, 0.6) is 0 Å². The van der Waals surface area contributed by atoms with Gasteiger partial charge in [0.1, 0.15) is 0 Å². The van der Waals surface area contributed by atoms with E-state index in [1.54, 1.807) is 0 Å². The maximum atomic E-state index is 11.6. The molecule has 0 aromatic carbocycles. The van der Waals surface area contributed by atoms with Gasteiger partial charge in [0.2, 0.25) is 5.91 Å². The molecule has 1 aliphatic heterocycles. The summed E-state index contributed by atoms with van der Waals surface area (Å²) in [6.07, 6.45) is 4.57. The van der Waals surface area contributed by atoms with Gasteiger partial charge in [-0.25, -0.2) is 0 Å². The summed E-state index contributed by atoms with van der Waals surface area (Å²) in [6.45, 7) is 3.18. The summed E-state index contributed by atoms with van der Waals surface area (Å²) in [4.78, 5) is 11.6. The maximum absolute atomic E-state index is 11.6. The molecule has 13 heavy (non-hydrogen) atoms. The molecule has 2 rings (SSSR count). The molecule has 2 fully saturated rings. The molecule has 1 heterocycles. The Morgan fingerprint density at radius 3 is 2.77 bits per heavy atom. The summed E-state index contributed by atoms with van der Waals surface area (Å²) >= 11 is 0. The van der Waals surface area contributed by atoms with E-state index in [1.165, 1.54) is 19.3 Å². The van der Waals surface area contributed by atoms with Gasteiger partial charge in [0, 0.05) is 6.04 Å². The van der Waals surface area contributed by atoms with E-state index >= 15 is 0 Å². The molecule has 1 amide bonds. The summed E-state index contributed by atoms with van der Waals surface area (Å²) in [6, 6.07) is 0.553. The highest BCUT2D eigenvalue weighted by Crippen LogP contribution is 2.29. The predicted octanol–water partition coefficient (Wildman–Crippen LogP) is 0.653. The standard InChI is InChI=1S/C10H18N2O/c1-7-6-9(7)12-10(13)8-4-2-3-5-11-8/h7-9,11H,2-6H2,1H3,(H,12,13)/t7?,8-,9?/m1/s1. The van der Waals surface area contributed by atoms with E-state index in [0.29, 0.717) is 12.0 Å². The van der Waals surface area contributed by atoms with Crippen molar-refractivity contribution in [3.05, 3.63) is 0 Å². The summed E-state index contributed by atoms with van der Waals surface area (Å²) in [7, 11) is 0. The van der Waals surface area contributed by atoms with Crippen LogP contribution in [0.15, 0.2) is 0 Å². The third-order valence-electron chi connectivity index (χ3n) is 3.06. The molecule has 0 spiro atoms. The molecule has 1 saturated carbocycles. The number of amides is 1. The molecule has 0 aromatic heterocycles. The number of rotatable bonds is 2. The lowest BCUT2D eigenvalue weighted by Crippen LogP contribution is -2.47. The quantitative estimate of drug-likeness (QED) is 0.658. The Morgan fingerprint density at radius 1 is 1.46 bits per heavy atom. The molecule has 2 N–H and O–H groups in total. The smallest absolute Gasteiger partial charge is 0.237 e. The molecular formula is C10H18N2O. The lowest BCUT2D eigenvalue weighted by atomic mass is 10.0. The summed E-state index contributed by atoms with van der Waals surface area (Å²) in [5, 5.41) is 6.33. The lowest BCUT2D eigenvalue weighted by Gasteiger charge is -2.22. The van der Waals surface area contributed by atoms with Crippen LogP contribution in [0.25, 0.3) is 0 Å². The third kappa shape index (κ3) is 2.21. The fraction of sp³-hybridized carbons (Fsp3) is 0.900. The van der Waals surface area contributed by atoms with Crippen LogP contribution in [0.4, 0.5) is 0 Å². The minimum Gasteiger partial charge on any atom is -0.352 e. The molecule has 3 atom stereocenters. The molecule has 3 nitrogen and oxygen atoms in total. The summed E-state index contributed by atoms with van der Waals surface area (Å²) in [5.41, 5.74) is 0. The number of piperidine rings is 1. The molecular weight excluding hydrogens is 164 g/mol. The first-order chi connectivity index (χ1) is 6.27. The molecule has 1 saturated heterocycles. The lowest BCUT2D eigenvalue weighted by molar-refractivity contribution is -0.123. The van der Waals surface area contributed by atoms with Crippen LogP contribution in [0.3, 0.4) is 0 Å². The van der Waals surface area contributed by atoms with E-state index in [0.717, 1.165) is 13.0 Å². The second-order valence-corrected chi connectivity index (χ2v) is 4.33. The van der Waals surface area contributed by atoms with Gasteiger partial charge in [-0.3, -0.25) is 4.79 Å². The van der Waals surface area contributed by atoms with E-state index < -0.39 is 0 Å². The second kappa shape index (κ2) is 3.66. The Balaban J connectivity index is 1.75. The molecule has 0 radical (unpaired) electrons. The first kappa shape index (κ1) is 9.00. The highest BCUT2D eigenvalue weighted by molar-refractivity contribution is 5.82. The van der Waals surface area contributed by atoms with Gasteiger partial charge in [-0.1, -0.05) is 13.3 Å². The Hall–Kier alpha value is -0.570. The van der Waals surface area contributed by atoms with Gasteiger partial charge in [-0.15, -0.1) is 0 Å². The van der Waals surface area contributed by atoms with Gasteiger partial charge in [-0.2, -0.15) is 0 Å². The van der Waals surface area contributed by atoms with E-state index in [2.05, 4.69) is 17.6 Å². The van der Waals surface area contributed by atoms with Crippen LogP contribution in [0.2, 0.25) is 0 Å². The van der Waals surface area contributed by atoms with Gasteiger partial charge in [0.05, 0.1) is 6.04 Å². The minimum absolute atomic E-state index is 0.0848. The third-order valence-corrected chi connectivity index (χ3v) is 3.06. The minimum atomic E-state index is 0.0848. The van der Waals surface area contributed by atoms with Gasteiger partial charge in [0.25, 0.3) is 0 Å². The van der Waals surface area contributed by atoms with Gasteiger partial charge in [-0.05, 0) is 31.7 Å². The highest BCUT2D eigenvalue weighted by atomic mass is 16.2. The Morgan fingerprint density at radius 2 is 2.23 bits per heavy atom. The van der Waals surface area contributed by atoms with Crippen molar-refractivity contribution in [3.63, 3.8) is 0 Å². The predicted molar refractivity (Wildman–Crippen MR) is 51.4 cm³/mol. The molecule has 0 aromatic rings. The second-order valence-electron chi connectivity index (χ2n) is 4.33. The molecule has 0 bridgehead atoms. The van der Waals surface area contributed by atoms with Gasteiger partial charge >= 0.3 is 0 Å². The molecule has 2 unspecified atom stereocenters. The van der Waals surface area contributed by atoms with Gasteiger partial charge < -0.3 is 10.6 Å². The first-order valence-electron chi connectivity index (χ1n) is 5.31. The fourth-order valence-electron chi connectivity index (χ4n) is 1.88. The Labute approximate surface area is 79.3 Å². The summed E-state index contributed by atoms with van der Waals surface area (Å²) in [5.74, 6) is 0.918. The zero-order chi connectivity index (χ0) is 9.26. The highest BCUT2D eigenvalue weighted by Gasteiger charge is 2.35. The van der Waals surface area contributed by atoms with Crippen LogP contribution in [0, 0.1) is 5.92 Å². The van der Waals surface area contributed by atoms with Crippen molar-refractivity contribution in [2.75, 3.05) is 6.54 Å². The average Bonchev–Trinajstić information content (AvgIpc) is 2.83. The number of nitrogens with one attached hydrogen (secondary N) is 2. The fourth-order valence-corrected chi connectivity index (χ4v) is 1.88. The van der Waals surface area contributed by atoms with Crippen molar-refractivity contribution < 1.29 is 4.79 Å². The van der Waals surface area contributed by atoms with Crippen LogP contribution in [0.1, 0.15) is 32.6 Å². The molecule has 1 aliphatic carbocycles. The number of hydrogen-bond acceptors (Lipinski definition) is 2. The first-order valence-corrected chi connectivity index (χ1v) is 5.31. The van der Waals surface area contributed by atoms with E-state index in [9.17, 15) is 4.79 Å². The Kier molecular flexibility index (Phi) is 2.54. The van der Waals surface area contributed by atoms with E-state index in [1.807, 2.05) is 0 Å². The van der Waals surface area contributed by atoms with Crippen molar-refractivity contribution in [2.24, 2.45) is 5.92 Å². The SMILES string of the molecule is CC1CC1NC(=O)[C@H]1CCCCN1. The van der Waals surface area contributed by atoms with Crippen molar-refractivity contribution in [2.45, 2.75) is 44.7 Å².